The van der Waals surface area contributed by atoms with Gasteiger partial charge >= 0.3 is 0 Å². The van der Waals surface area contributed by atoms with E-state index in [0.29, 0.717) is 11.3 Å². The van der Waals surface area contributed by atoms with Crippen LogP contribution in [0.25, 0.3) is 10.8 Å². The Hall–Kier alpha value is -2.81. The van der Waals surface area contributed by atoms with Crippen LogP contribution in [0.1, 0.15) is 28.9 Å². The molecule has 0 bridgehead atoms. The number of fused-ring (bicyclic) bond motifs is 1. The number of anilines is 1. The lowest BCUT2D eigenvalue weighted by Gasteiger charge is -2.16. The molecule has 0 aliphatic heterocycles. The van der Waals surface area contributed by atoms with Gasteiger partial charge in [0.25, 0.3) is 5.91 Å². The van der Waals surface area contributed by atoms with Gasteiger partial charge in [-0.25, -0.2) is 0 Å². The zero-order chi connectivity index (χ0) is 15.5. The highest BCUT2D eigenvalue weighted by Crippen LogP contribution is 2.24. The summed E-state index contributed by atoms with van der Waals surface area (Å²) < 4.78 is 0. The maximum atomic E-state index is 12.3. The van der Waals surface area contributed by atoms with Crippen LogP contribution in [0.2, 0.25) is 0 Å². The largest absolute Gasteiger partial charge is 0.399 e. The Kier molecular flexibility index (Phi) is 3.79. The number of nitrogens with one attached hydrogen (secondary N) is 1. The first-order valence-corrected chi connectivity index (χ1v) is 7.29. The van der Waals surface area contributed by atoms with Crippen LogP contribution in [0.4, 0.5) is 5.69 Å². The molecule has 1 amide bonds. The van der Waals surface area contributed by atoms with E-state index in [1.165, 1.54) is 5.39 Å². The Morgan fingerprint density at radius 2 is 1.64 bits per heavy atom. The fourth-order valence-corrected chi connectivity index (χ4v) is 2.62. The van der Waals surface area contributed by atoms with Crippen molar-refractivity contribution in [2.24, 2.45) is 0 Å². The van der Waals surface area contributed by atoms with Crippen LogP contribution in [0.5, 0.6) is 0 Å². The molecular formula is C19H18N2O. The molecule has 110 valence electrons. The van der Waals surface area contributed by atoms with Crippen molar-refractivity contribution in [3.63, 3.8) is 0 Å². The molecule has 3 nitrogen and oxygen atoms in total. The highest BCUT2D eigenvalue weighted by atomic mass is 16.1. The number of carbonyl (C=O) groups excluding carboxylic acids is 1. The number of carbonyl (C=O) groups is 1. The fourth-order valence-electron chi connectivity index (χ4n) is 2.62. The Balaban J connectivity index is 1.85. The summed E-state index contributed by atoms with van der Waals surface area (Å²) in [6.45, 7) is 2.00. The van der Waals surface area contributed by atoms with E-state index in [0.717, 1.165) is 10.9 Å². The molecule has 0 unspecified atom stereocenters. The first-order chi connectivity index (χ1) is 10.6. The molecule has 0 aromatic heterocycles. The van der Waals surface area contributed by atoms with Gasteiger partial charge in [0.05, 0.1) is 6.04 Å². The Bertz CT molecular complexity index is 804. The van der Waals surface area contributed by atoms with E-state index >= 15 is 0 Å². The monoisotopic (exact) mass is 290 g/mol. The standard InChI is InChI=1S/C19H18N2O/c1-13(21-19(22)15-9-11-16(20)12-10-15)17-8-4-6-14-5-2-3-7-18(14)17/h2-13H,20H2,1H3,(H,21,22)/t13-/m0/s1. The minimum Gasteiger partial charge on any atom is -0.399 e. The highest BCUT2D eigenvalue weighted by Gasteiger charge is 2.13. The third-order valence-electron chi connectivity index (χ3n) is 3.81. The van der Waals surface area contributed by atoms with Crippen LogP contribution >= 0.6 is 0 Å². The molecule has 0 aliphatic rings. The average molecular weight is 290 g/mol. The third kappa shape index (κ3) is 2.79. The predicted molar refractivity (Wildman–Crippen MR) is 90.7 cm³/mol. The van der Waals surface area contributed by atoms with Gasteiger partial charge in [0.1, 0.15) is 0 Å². The maximum Gasteiger partial charge on any atom is 0.251 e. The van der Waals surface area contributed by atoms with Gasteiger partial charge in [-0.2, -0.15) is 0 Å². The first-order valence-electron chi connectivity index (χ1n) is 7.29. The second-order valence-electron chi connectivity index (χ2n) is 5.39. The van der Waals surface area contributed by atoms with Crippen LogP contribution in [0.3, 0.4) is 0 Å². The van der Waals surface area contributed by atoms with Gasteiger partial charge < -0.3 is 11.1 Å². The van der Waals surface area contributed by atoms with E-state index < -0.39 is 0 Å². The summed E-state index contributed by atoms with van der Waals surface area (Å²) in [5, 5.41) is 5.38. The molecule has 1 atom stereocenters. The summed E-state index contributed by atoms with van der Waals surface area (Å²) >= 11 is 0. The topological polar surface area (TPSA) is 55.1 Å². The summed E-state index contributed by atoms with van der Waals surface area (Å²) in [6, 6.07) is 21.2. The number of rotatable bonds is 3. The molecule has 3 heteroatoms. The highest BCUT2D eigenvalue weighted by molar-refractivity contribution is 5.95. The van der Waals surface area contributed by atoms with Gasteiger partial charge in [0.15, 0.2) is 0 Å². The van der Waals surface area contributed by atoms with Crippen molar-refractivity contribution in [3.8, 4) is 0 Å². The van der Waals surface area contributed by atoms with Gasteiger partial charge in [-0.1, -0.05) is 42.5 Å². The molecule has 0 aliphatic carbocycles. The number of hydrogen-bond donors (Lipinski definition) is 2. The molecule has 0 saturated carbocycles. The zero-order valence-electron chi connectivity index (χ0n) is 12.4. The summed E-state index contributed by atoms with van der Waals surface area (Å²) in [7, 11) is 0. The Morgan fingerprint density at radius 3 is 2.41 bits per heavy atom. The van der Waals surface area contributed by atoms with Crippen LogP contribution in [-0.4, -0.2) is 5.91 Å². The summed E-state index contributed by atoms with van der Waals surface area (Å²) in [6.07, 6.45) is 0. The van der Waals surface area contributed by atoms with Gasteiger partial charge in [-0.15, -0.1) is 0 Å². The Morgan fingerprint density at radius 1 is 0.955 bits per heavy atom. The normalized spacial score (nSPS) is 12.0. The molecule has 0 saturated heterocycles. The zero-order valence-corrected chi connectivity index (χ0v) is 12.4. The van der Waals surface area contributed by atoms with Gasteiger partial charge in [-0.05, 0) is 47.5 Å². The van der Waals surface area contributed by atoms with Crippen molar-refractivity contribution in [1.29, 1.82) is 0 Å². The molecular weight excluding hydrogens is 272 g/mol. The minimum atomic E-state index is -0.0968. The first kappa shape index (κ1) is 14.1. The lowest BCUT2D eigenvalue weighted by molar-refractivity contribution is 0.0940. The van der Waals surface area contributed by atoms with Gasteiger partial charge in [0, 0.05) is 11.3 Å². The lowest BCUT2D eigenvalue weighted by Crippen LogP contribution is -2.26. The second kappa shape index (κ2) is 5.90. The van der Waals surface area contributed by atoms with E-state index in [1.54, 1.807) is 24.3 Å². The van der Waals surface area contributed by atoms with Crippen molar-refractivity contribution in [1.82, 2.24) is 5.32 Å². The number of hydrogen-bond acceptors (Lipinski definition) is 2. The molecule has 0 radical (unpaired) electrons. The molecule has 3 aromatic carbocycles. The predicted octanol–water partition coefficient (Wildman–Crippen LogP) is 3.91. The van der Waals surface area contributed by atoms with E-state index in [9.17, 15) is 4.79 Å². The van der Waals surface area contributed by atoms with Crippen LogP contribution in [0.15, 0.2) is 66.7 Å². The number of nitrogens with two attached hydrogens (primary N) is 1. The molecule has 3 rings (SSSR count). The molecule has 3 aromatic rings. The molecule has 0 spiro atoms. The van der Waals surface area contributed by atoms with Crippen molar-refractivity contribution in [2.75, 3.05) is 5.73 Å². The lowest BCUT2D eigenvalue weighted by atomic mass is 9.99. The van der Waals surface area contributed by atoms with E-state index in [-0.39, 0.29) is 11.9 Å². The summed E-state index contributed by atoms with van der Waals surface area (Å²) in [5.41, 5.74) is 8.03. The smallest absolute Gasteiger partial charge is 0.251 e. The third-order valence-corrected chi connectivity index (χ3v) is 3.81. The van der Waals surface area contributed by atoms with Crippen molar-refractivity contribution >= 4 is 22.4 Å². The SMILES string of the molecule is C[C@H](NC(=O)c1ccc(N)cc1)c1cccc2ccccc12. The second-order valence-corrected chi connectivity index (χ2v) is 5.39. The van der Waals surface area contributed by atoms with Crippen molar-refractivity contribution in [3.05, 3.63) is 77.9 Å². The Labute approximate surface area is 129 Å². The van der Waals surface area contributed by atoms with E-state index in [1.807, 2.05) is 25.1 Å². The van der Waals surface area contributed by atoms with E-state index in [2.05, 4.69) is 29.6 Å². The molecule has 22 heavy (non-hydrogen) atoms. The summed E-state index contributed by atoms with van der Waals surface area (Å²) in [5.74, 6) is -0.0968. The van der Waals surface area contributed by atoms with Crippen molar-refractivity contribution in [2.45, 2.75) is 13.0 Å². The van der Waals surface area contributed by atoms with Crippen LogP contribution in [-0.2, 0) is 0 Å². The quantitative estimate of drug-likeness (QED) is 0.718. The molecule has 3 N–H and O–H groups in total. The van der Waals surface area contributed by atoms with Gasteiger partial charge in [0.2, 0.25) is 0 Å². The average Bonchev–Trinajstić information content (AvgIpc) is 2.54. The molecule has 0 fully saturated rings. The minimum absolute atomic E-state index is 0.0730. The maximum absolute atomic E-state index is 12.3. The number of amides is 1. The van der Waals surface area contributed by atoms with Crippen molar-refractivity contribution < 1.29 is 4.79 Å². The number of nitrogen functional groups attached to an aromatic ring is 1. The van der Waals surface area contributed by atoms with Crippen LogP contribution < -0.4 is 11.1 Å². The number of benzene rings is 3. The fraction of sp³-hybridized carbons (Fsp3) is 0.105. The molecule has 0 heterocycles. The van der Waals surface area contributed by atoms with Gasteiger partial charge in [-0.3, -0.25) is 4.79 Å². The van der Waals surface area contributed by atoms with E-state index in [4.69, 9.17) is 5.73 Å². The van der Waals surface area contributed by atoms with Crippen LogP contribution in [0, 0.1) is 0 Å². The summed E-state index contributed by atoms with van der Waals surface area (Å²) in [4.78, 5) is 12.3.